The Morgan fingerprint density at radius 1 is 0.739 bits per heavy atom. The molecule has 0 spiro atoms. The van der Waals surface area contributed by atoms with Crippen LogP contribution in [0.25, 0.3) is 0 Å². The van der Waals surface area contributed by atoms with E-state index in [0.29, 0.717) is 12.1 Å². The summed E-state index contributed by atoms with van der Waals surface area (Å²) in [5.74, 6) is 0. The van der Waals surface area contributed by atoms with Crippen LogP contribution in [0.2, 0.25) is 5.02 Å². The highest BCUT2D eigenvalue weighted by Crippen LogP contribution is 2.60. The molecule has 1 fully saturated rings. The molecule has 1 nitrogen and oxygen atoms in total. The van der Waals surface area contributed by atoms with Gasteiger partial charge in [0.25, 0.3) is 0 Å². The van der Waals surface area contributed by atoms with Gasteiger partial charge in [0.05, 0.1) is 12.1 Å². The van der Waals surface area contributed by atoms with Crippen LogP contribution < -0.4 is 4.90 Å². The van der Waals surface area contributed by atoms with E-state index >= 15 is 0 Å². The predicted molar refractivity (Wildman–Crippen MR) is 95.1 cm³/mol. The normalized spacial score (nSPS) is 21.0. The maximum Gasteiger partial charge on any atom is 0.0798 e. The van der Waals surface area contributed by atoms with Crippen molar-refractivity contribution in [2.24, 2.45) is 0 Å². The van der Waals surface area contributed by atoms with E-state index in [9.17, 15) is 0 Å². The highest BCUT2D eigenvalue weighted by atomic mass is 35.5. The van der Waals surface area contributed by atoms with Crippen LogP contribution in [0.5, 0.6) is 0 Å². The van der Waals surface area contributed by atoms with E-state index in [1.165, 1.54) is 27.9 Å². The van der Waals surface area contributed by atoms with E-state index in [4.69, 9.17) is 11.6 Å². The highest BCUT2D eigenvalue weighted by molar-refractivity contribution is 6.30. The Hall–Kier alpha value is -2.25. The van der Waals surface area contributed by atoms with E-state index in [1.807, 2.05) is 12.1 Å². The molecule has 1 saturated heterocycles. The molecule has 0 bridgehead atoms. The van der Waals surface area contributed by atoms with Crippen molar-refractivity contribution in [3.05, 3.63) is 100 Å². The van der Waals surface area contributed by atoms with E-state index in [1.54, 1.807) is 0 Å². The molecule has 0 radical (unpaired) electrons. The fraction of sp³-hybridized carbons (Fsp3) is 0.143. The molecule has 0 amide bonds. The largest absolute Gasteiger partial charge is 0.352 e. The summed E-state index contributed by atoms with van der Waals surface area (Å²) in [7, 11) is 0. The van der Waals surface area contributed by atoms with Crippen molar-refractivity contribution >= 4 is 17.3 Å². The molecule has 0 aromatic heterocycles. The molecule has 0 aliphatic carbocycles. The summed E-state index contributed by atoms with van der Waals surface area (Å²) in [6.45, 7) is 0. The van der Waals surface area contributed by atoms with Crippen LogP contribution in [0.1, 0.15) is 34.3 Å². The van der Waals surface area contributed by atoms with Gasteiger partial charge in [-0.15, -0.1) is 0 Å². The Kier molecular flexibility index (Phi) is 2.80. The number of hydrogen-bond acceptors (Lipinski definition) is 1. The zero-order chi connectivity index (χ0) is 15.4. The molecule has 112 valence electrons. The van der Waals surface area contributed by atoms with Crippen LogP contribution in [0.4, 0.5) is 5.69 Å². The number of rotatable bonds is 1. The van der Waals surface area contributed by atoms with Crippen LogP contribution >= 0.6 is 11.6 Å². The van der Waals surface area contributed by atoms with Gasteiger partial charge in [-0.05, 0) is 46.9 Å². The molecule has 2 heteroatoms. The Morgan fingerprint density at radius 2 is 1.43 bits per heavy atom. The van der Waals surface area contributed by atoms with Crippen LogP contribution in [0, 0.1) is 0 Å². The quantitative estimate of drug-likeness (QED) is 0.532. The minimum Gasteiger partial charge on any atom is -0.352 e. The summed E-state index contributed by atoms with van der Waals surface area (Å²) in [4.78, 5) is 2.55. The Bertz CT molecular complexity index is 833. The van der Waals surface area contributed by atoms with Gasteiger partial charge in [-0.2, -0.15) is 0 Å². The van der Waals surface area contributed by atoms with Crippen molar-refractivity contribution in [1.82, 2.24) is 0 Å². The van der Waals surface area contributed by atoms with E-state index in [2.05, 4.69) is 65.6 Å². The summed E-state index contributed by atoms with van der Waals surface area (Å²) in [6.07, 6.45) is 1.02. The van der Waals surface area contributed by atoms with Gasteiger partial charge in [-0.25, -0.2) is 0 Å². The highest BCUT2D eigenvalue weighted by Gasteiger charge is 2.51. The number of benzene rings is 3. The van der Waals surface area contributed by atoms with Gasteiger partial charge in [0.2, 0.25) is 0 Å². The van der Waals surface area contributed by atoms with Crippen LogP contribution in [0.15, 0.2) is 72.8 Å². The Labute approximate surface area is 141 Å². The molecule has 3 aromatic carbocycles. The molecule has 5 rings (SSSR count). The monoisotopic (exact) mass is 317 g/mol. The standard InChI is InChI=1S/C21H16ClN/c22-17-11-9-14(10-12-17)20-21-18-7-3-1-5-15(18)13-16-6-2-4-8-19(16)23(20)21/h1-12,20-21H,13H2/t20-,21-,23?/m1/s1. The van der Waals surface area contributed by atoms with Crippen molar-refractivity contribution in [2.45, 2.75) is 18.5 Å². The number of para-hydroxylation sites is 1. The molecule has 2 aliphatic rings. The van der Waals surface area contributed by atoms with E-state index in [-0.39, 0.29) is 0 Å². The zero-order valence-corrected chi connectivity index (χ0v) is 13.4. The van der Waals surface area contributed by atoms with Crippen molar-refractivity contribution in [1.29, 1.82) is 0 Å². The fourth-order valence-electron chi connectivity index (χ4n) is 3.95. The maximum atomic E-state index is 6.06. The summed E-state index contributed by atoms with van der Waals surface area (Å²) in [5, 5.41) is 0.797. The first-order valence-corrected chi connectivity index (χ1v) is 8.40. The first-order chi connectivity index (χ1) is 11.3. The Morgan fingerprint density at radius 3 is 2.26 bits per heavy atom. The van der Waals surface area contributed by atoms with Gasteiger partial charge in [0.15, 0.2) is 0 Å². The van der Waals surface area contributed by atoms with Crippen molar-refractivity contribution in [3.63, 3.8) is 0 Å². The third-order valence-corrected chi connectivity index (χ3v) is 5.30. The predicted octanol–water partition coefficient (Wildman–Crippen LogP) is 5.55. The molecular formula is C21H16ClN. The summed E-state index contributed by atoms with van der Waals surface area (Å²) >= 11 is 6.06. The molecule has 0 unspecified atom stereocenters. The number of hydrogen-bond donors (Lipinski definition) is 0. The molecule has 3 aromatic rings. The third-order valence-electron chi connectivity index (χ3n) is 5.04. The van der Waals surface area contributed by atoms with Crippen molar-refractivity contribution in [2.75, 3.05) is 4.90 Å². The number of fused-ring (bicyclic) bond motifs is 5. The number of nitrogens with zero attached hydrogens (tertiary/aromatic N) is 1. The topological polar surface area (TPSA) is 3.01 Å². The fourth-order valence-corrected chi connectivity index (χ4v) is 4.08. The third kappa shape index (κ3) is 2.00. The smallest absolute Gasteiger partial charge is 0.0798 e. The van der Waals surface area contributed by atoms with Gasteiger partial charge in [0, 0.05) is 10.7 Å². The van der Waals surface area contributed by atoms with Crippen molar-refractivity contribution < 1.29 is 0 Å². The molecular weight excluding hydrogens is 302 g/mol. The second-order valence-corrected chi connectivity index (χ2v) is 6.79. The molecule has 0 N–H and O–H groups in total. The van der Waals surface area contributed by atoms with Gasteiger partial charge in [0.1, 0.15) is 0 Å². The summed E-state index contributed by atoms with van der Waals surface area (Å²) in [6, 6.07) is 26.8. The minimum absolute atomic E-state index is 0.412. The lowest BCUT2D eigenvalue weighted by Crippen LogP contribution is -1.98. The molecule has 2 atom stereocenters. The molecule has 2 heterocycles. The first kappa shape index (κ1) is 13.2. The van der Waals surface area contributed by atoms with E-state index in [0.717, 1.165) is 11.4 Å². The number of anilines is 1. The first-order valence-electron chi connectivity index (χ1n) is 8.02. The molecule has 23 heavy (non-hydrogen) atoms. The Balaban J connectivity index is 1.67. The van der Waals surface area contributed by atoms with Gasteiger partial charge >= 0.3 is 0 Å². The van der Waals surface area contributed by atoms with Crippen LogP contribution in [-0.2, 0) is 6.42 Å². The van der Waals surface area contributed by atoms with Gasteiger partial charge in [-0.1, -0.05) is 66.2 Å². The number of halogens is 1. The average Bonchev–Trinajstić information content (AvgIpc) is 3.32. The maximum absolute atomic E-state index is 6.06. The lowest BCUT2D eigenvalue weighted by Gasteiger charge is -2.11. The van der Waals surface area contributed by atoms with Crippen molar-refractivity contribution in [3.8, 4) is 0 Å². The minimum atomic E-state index is 0.412. The summed E-state index contributed by atoms with van der Waals surface area (Å²) < 4.78 is 0. The van der Waals surface area contributed by atoms with E-state index < -0.39 is 0 Å². The SMILES string of the molecule is Clc1ccc([C@@H]2[C@H]3c4ccccc4Cc4ccccc4N23)cc1. The lowest BCUT2D eigenvalue weighted by atomic mass is 9.95. The lowest BCUT2D eigenvalue weighted by molar-refractivity contribution is 0.995. The van der Waals surface area contributed by atoms with Crippen LogP contribution in [-0.4, -0.2) is 0 Å². The van der Waals surface area contributed by atoms with Crippen LogP contribution in [0.3, 0.4) is 0 Å². The van der Waals surface area contributed by atoms with Gasteiger partial charge < -0.3 is 4.90 Å². The second kappa shape index (κ2) is 4.87. The second-order valence-electron chi connectivity index (χ2n) is 6.35. The molecule has 2 aliphatic heterocycles. The average molecular weight is 318 g/mol. The molecule has 0 saturated carbocycles. The van der Waals surface area contributed by atoms with Gasteiger partial charge in [-0.3, -0.25) is 0 Å². The summed E-state index contributed by atoms with van der Waals surface area (Å²) in [5.41, 5.74) is 7.03. The zero-order valence-electron chi connectivity index (χ0n) is 12.6.